The zero-order valence-corrected chi connectivity index (χ0v) is 17.0. The van der Waals surface area contributed by atoms with Gasteiger partial charge in [-0.3, -0.25) is 4.79 Å². The number of carbonyl (C=O) groups is 1. The molecular weight excluding hydrogens is 364 g/mol. The number of methoxy groups -OCH3 is 1. The molecule has 27 heavy (non-hydrogen) atoms. The Morgan fingerprint density at radius 2 is 1.81 bits per heavy atom. The zero-order valence-electron chi connectivity index (χ0n) is 16.2. The first-order valence-corrected chi connectivity index (χ1v) is 10.3. The first kappa shape index (κ1) is 21.1. The van der Waals surface area contributed by atoms with Crippen LogP contribution in [0.4, 0.5) is 5.69 Å². The van der Waals surface area contributed by atoms with Crippen molar-refractivity contribution in [3.05, 3.63) is 59.2 Å². The molecule has 1 amide bonds. The molecule has 7 heteroatoms. The molecule has 2 rings (SSSR count). The fraction of sp³-hybridized carbons (Fsp3) is 0.350. The summed E-state index contributed by atoms with van der Waals surface area (Å²) in [6.45, 7) is 6.54. The van der Waals surface area contributed by atoms with Crippen LogP contribution in [0, 0.1) is 6.92 Å². The average molecular weight is 391 g/mol. The van der Waals surface area contributed by atoms with Crippen LogP contribution in [0.15, 0.2) is 47.4 Å². The van der Waals surface area contributed by atoms with Gasteiger partial charge in [-0.25, -0.2) is 8.42 Å². The monoisotopic (exact) mass is 390 g/mol. The Morgan fingerprint density at radius 1 is 1.11 bits per heavy atom. The molecule has 1 N–H and O–H groups in total. The number of aryl methyl sites for hydroxylation is 1. The molecule has 0 radical (unpaired) electrons. The summed E-state index contributed by atoms with van der Waals surface area (Å²) in [5.74, 6) is -0.303. The summed E-state index contributed by atoms with van der Waals surface area (Å²) in [7, 11) is -2.01. The summed E-state index contributed by atoms with van der Waals surface area (Å²) >= 11 is 0. The highest BCUT2D eigenvalue weighted by Gasteiger charge is 2.24. The summed E-state index contributed by atoms with van der Waals surface area (Å²) in [5.41, 5.74) is 2.45. The van der Waals surface area contributed by atoms with E-state index in [0.29, 0.717) is 36.5 Å². The van der Waals surface area contributed by atoms with Crippen molar-refractivity contribution in [1.29, 1.82) is 0 Å². The third-order valence-electron chi connectivity index (χ3n) is 4.27. The highest BCUT2D eigenvalue weighted by atomic mass is 32.2. The van der Waals surface area contributed by atoms with Crippen LogP contribution in [0.5, 0.6) is 0 Å². The van der Waals surface area contributed by atoms with Crippen molar-refractivity contribution in [2.24, 2.45) is 0 Å². The van der Waals surface area contributed by atoms with Crippen LogP contribution >= 0.6 is 0 Å². The van der Waals surface area contributed by atoms with E-state index in [4.69, 9.17) is 4.74 Å². The second-order valence-corrected chi connectivity index (χ2v) is 8.06. The standard InChI is InChI=1S/C20H26N2O4S/c1-5-22(6-2)27(24,25)19-13-18(11-10-15(19)3)21-20(23)17-9-7-8-16(12-17)14-26-4/h7-13H,5-6,14H2,1-4H3,(H,21,23). The van der Waals surface area contributed by atoms with Gasteiger partial charge in [-0.2, -0.15) is 4.31 Å². The molecule has 0 heterocycles. The lowest BCUT2D eigenvalue weighted by Gasteiger charge is -2.20. The van der Waals surface area contributed by atoms with E-state index in [1.54, 1.807) is 58.2 Å². The molecule has 0 aliphatic carbocycles. The molecule has 0 fully saturated rings. The summed E-state index contributed by atoms with van der Waals surface area (Å²) in [4.78, 5) is 12.8. The van der Waals surface area contributed by atoms with E-state index in [-0.39, 0.29) is 10.8 Å². The lowest BCUT2D eigenvalue weighted by atomic mass is 10.1. The number of ether oxygens (including phenoxy) is 1. The molecule has 0 aliphatic heterocycles. The van der Waals surface area contributed by atoms with Crippen molar-refractivity contribution in [3.63, 3.8) is 0 Å². The quantitative estimate of drug-likeness (QED) is 0.749. The van der Waals surface area contributed by atoms with Crippen molar-refractivity contribution in [1.82, 2.24) is 4.31 Å². The zero-order chi connectivity index (χ0) is 20.0. The molecule has 146 valence electrons. The highest BCUT2D eigenvalue weighted by molar-refractivity contribution is 7.89. The van der Waals surface area contributed by atoms with E-state index in [0.717, 1.165) is 5.56 Å². The maximum absolute atomic E-state index is 12.8. The van der Waals surface area contributed by atoms with Crippen molar-refractivity contribution in [2.75, 3.05) is 25.5 Å². The molecule has 2 aromatic carbocycles. The summed E-state index contributed by atoms with van der Waals surface area (Å²) in [5, 5.41) is 2.78. The number of hydrogen-bond acceptors (Lipinski definition) is 4. The normalized spacial score (nSPS) is 11.6. The molecule has 0 unspecified atom stereocenters. The van der Waals surface area contributed by atoms with Gasteiger partial charge in [0.15, 0.2) is 0 Å². The molecule has 0 saturated carbocycles. The number of hydrogen-bond donors (Lipinski definition) is 1. The molecule has 0 aliphatic rings. The van der Waals surface area contributed by atoms with Gasteiger partial charge in [0.05, 0.1) is 11.5 Å². The Balaban J connectivity index is 2.30. The Kier molecular flexibility index (Phi) is 7.12. The molecule has 0 aromatic heterocycles. The van der Waals surface area contributed by atoms with Crippen LogP contribution in [0.1, 0.15) is 35.3 Å². The number of benzene rings is 2. The molecule has 0 saturated heterocycles. The number of sulfonamides is 1. The van der Waals surface area contributed by atoms with Gasteiger partial charge >= 0.3 is 0 Å². The first-order valence-electron chi connectivity index (χ1n) is 8.83. The van der Waals surface area contributed by atoms with Crippen molar-refractivity contribution < 1.29 is 17.9 Å². The Labute approximate surface area is 161 Å². The second-order valence-electron chi connectivity index (χ2n) is 6.16. The van der Waals surface area contributed by atoms with Crippen LogP contribution in [-0.2, 0) is 21.4 Å². The Morgan fingerprint density at radius 3 is 2.44 bits per heavy atom. The Hall–Kier alpha value is -2.22. The number of nitrogens with zero attached hydrogens (tertiary/aromatic N) is 1. The molecular formula is C20H26N2O4S. The number of amides is 1. The smallest absolute Gasteiger partial charge is 0.255 e. The fourth-order valence-electron chi connectivity index (χ4n) is 2.83. The van der Waals surface area contributed by atoms with Gasteiger partial charge in [0.25, 0.3) is 5.91 Å². The SMILES string of the molecule is CCN(CC)S(=O)(=O)c1cc(NC(=O)c2cccc(COC)c2)ccc1C. The predicted octanol–water partition coefficient (Wildman–Crippen LogP) is 3.42. The summed E-state index contributed by atoms with van der Waals surface area (Å²) < 4.78 is 32.2. The highest BCUT2D eigenvalue weighted by Crippen LogP contribution is 2.24. The first-order chi connectivity index (χ1) is 12.8. The van der Waals surface area contributed by atoms with Gasteiger partial charge in [0.2, 0.25) is 10.0 Å². The minimum absolute atomic E-state index is 0.206. The van der Waals surface area contributed by atoms with Gasteiger partial charge in [0, 0.05) is 31.5 Å². The minimum Gasteiger partial charge on any atom is -0.380 e. The largest absolute Gasteiger partial charge is 0.380 e. The van der Waals surface area contributed by atoms with Gasteiger partial charge in [-0.05, 0) is 42.3 Å². The van der Waals surface area contributed by atoms with Crippen LogP contribution in [0.3, 0.4) is 0 Å². The van der Waals surface area contributed by atoms with E-state index >= 15 is 0 Å². The van der Waals surface area contributed by atoms with Crippen LogP contribution in [0.25, 0.3) is 0 Å². The number of rotatable bonds is 8. The molecule has 6 nitrogen and oxygen atoms in total. The second kappa shape index (κ2) is 9.12. The molecule has 0 bridgehead atoms. The van der Waals surface area contributed by atoms with Crippen LogP contribution < -0.4 is 5.32 Å². The van der Waals surface area contributed by atoms with E-state index < -0.39 is 10.0 Å². The van der Waals surface area contributed by atoms with Gasteiger partial charge in [-0.1, -0.05) is 32.0 Å². The van der Waals surface area contributed by atoms with Crippen molar-refractivity contribution in [3.8, 4) is 0 Å². The lowest BCUT2D eigenvalue weighted by Crippen LogP contribution is -2.31. The van der Waals surface area contributed by atoms with Crippen molar-refractivity contribution in [2.45, 2.75) is 32.3 Å². The molecule has 0 spiro atoms. The van der Waals surface area contributed by atoms with Gasteiger partial charge < -0.3 is 10.1 Å². The topological polar surface area (TPSA) is 75.7 Å². The molecule has 2 aromatic rings. The van der Waals surface area contributed by atoms with Crippen LogP contribution in [0.2, 0.25) is 0 Å². The van der Waals surface area contributed by atoms with E-state index in [2.05, 4.69) is 5.32 Å². The number of nitrogens with one attached hydrogen (secondary N) is 1. The van der Waals surface area contributed by atoms with E-state index in [9.17, 15) is 13.2 Å². The Bertz CT molecular complexity index is 906. The molecule has 0 atom stereocenters. The third kappa shape index (κ3) is 4.94. The van der Waals surface area contributed by atoms with Crippen LogP contribution in [-0.4, -0.2) is 38.8 Å². The fourth-order valence-corrected chi connectivity index (χ4v) is 4.54. The van der Waals surface area contributed by atoms with E-state index in [1.807, 2.05) is 6.07 Å². The lowest BCUT2D eigenvalue weighted by molar-refractivity contribution is 0.102. The number of carbonyl (C=O) groups excluding carboxylic acids is 1. The number of anilines is 1. The van der Waals surface area contributed by atoms with E-state index in [1.165, 1.54) is 10.4 Å². The average Bonchev–Trinajstić information content (AvgIpc) is 2.64. The van der Waals surface area contributed by atoms with Gasteiger partial charge in [-0.15, -0.1) is 0 Å². The minimum atomic E-state index is -3.60. The maximum atomic E-state index is 12.8. The predicted molar refractivity (Wildman–Crippen MR) is 106 cm³/mol. The maximum Gasteiger partial charge on any atom is 0.255 e. The van der Waals surface area contributed by atoms with Crippen molar-refractivity contribution >= 4 is 21.6 Å². The third-order valence-corrected chi connectivity index (χ3v) is 6.46. The summed E-state index contributed by atoms with van der Waals surface area (Å²) in [6.07, 6.45) is 0. The summed E-state index contributed by atoms with van der Waals surface area (Å²) in [6, 6.07) is 12.0. The van der Waals surface area contributed by atoms with Gasteiger partial charge in [0.1, 0.15) is 0 Å².